The number of carbonyl (C=O) groups is 1. The molecule has 0 aliphatic carbocycles. The second-order valence-corrected chi connectivity index (χ2v) is 7.99. The molecule has 0 N–H and O–H groups in total. The molecule has 2 nitrogen and oxygen atoms in total. The van der Waals surface area contributed by atoms with Crippen molar-refractivity contribution in [3.63, 3.8) is 0 Å². The average molecular weight is 375 g/mol. The van der Waals surface area contributed by atoms with E-state index >= 15 is 0 Å². The molecule has 1 aromatic rings. The van der Waals surface area contributed by atoms with Gasteiger partial charge in [-0.05, 0) is 50.3 Å². The third-order valence-electron chi connectivity index (χ3n) is 5.28. The van der Waals surface area contributed by atoms with E-state index in [1.807, 2.05) is 19.1 Å². The molecule has 0 aromatic heterocycles. The van der Waals surface area contributed by atoms with Crippen molar-refractivity contribution in [2.24, 2.45) is 0 Å². The fourth-order valence-electron chi connectivity index (χ4n) is 3.42. The Hall–Kier alpha value is -1.31. The number of hydrogen-bond donors (Lipinski definition) is 0. The fraction of sp³-hybridized carbons (Fsp3) is 0.720. The molecule has 0 saturated carbocycles. The van der Waals surface area contributed by atoms with Gasteiger partial charge in [0.2, 0.25) is 0 Å². The van der Waals surface area contributed by atoms with Crippen LogP contribution in [0.5, 0.6) is 0 Å². The van der Waals surface area contributed by atoms with Crippen LogP contribution < -0.4 is 0 Å². The van der Waals surface area contributed by atoms with E-state index in [0.29, 0.717) is 5.56 Å². The second kappa shape index (κ2) is 15.7. The predicted molar refractivity (Wildman–Crippen MR) is 116 cm³/mol. The molecule has 0 aliphatic rings. The summed E-state index contributed by atoms with van der Waals surface area (Å²) >= 11 is 0. The van der Waals surface area contributed by atoms with Crippen LogP contribution >= 0.6 is 0 Å². The van der Waals surface area contributed by atoms with E-state index in [0.717, 1.165) is 19.3 Å². The number of carbonyl (C=O) groups excluding carboxylic acids is 1. The number of rotatable bonds is 16. The van der Waals surface area contributed by atoms with Gasteiger partial charge in [-0.25, -0.2) is 4.79 Å². The Bertz CT molecular complexity index is 478. The highest BCUT2D eigenvalue weighted by atomic mass is 16.5. The van der Waals surface area contributed by atoms with Gasteiger partial charge in [0.15, 0.2) is 0 Å². The zero-order valence-electron chi connectivity index (χ0n) is 18.1. The van der Waals surface area contributed by atoms with Gasteiger partial charge in [-0.1, -0.05) is 90.2 Å². The minimum atomic E-state index is -0.184. The van der Waals surface area contributed by atoms with Gasteiger partial charge < -0.3 is 4.74 Å². The Labute approximate surface area is 168 Å². The molecule has 0 heterocycles. The molecular weight excluding hydrogens is 332 g/mol. The highest BCUT2D eigenvalue weighted by Gasteiger charge is 2.11. The Morgan fingerprint density at radius 2 is 1.30 bits per heavy atom. The minimum Gasteiger partial charge on any atom is -0.459 e. The van der Waals surface area contributed by atoms with Crippen molar-refractivity contribution in [1.29, 1.82) is 0 Å². The molecule has 1 unspecified atom stereocenters. The zero-order valence-corrected chi connectivity index (χ0v) is 18.1. The van der Waals surface area contributed by atoms with Gasteiger partial charge >= 0.3 is 5.97 Å². The van der Waals surface area contributed by atoms with Crippen LogP contribution in [0.4, 0.5) is 0 Å². The van der Waals surface area contributed by atoms with Crippen LogP contribution in [0.25, 0.3) is 0 Å². The summed E-state index contributed by atoms with van der Waals surface area (Å²) in [6, 6.07) is 7.92. The van der Waals surface area contributed by atoms with Crippen molar-refractivity contribution >= 4 is 5.97 Å². The van der Waals surface area contributed by atoms with E-state index in [-0.39, 0.29) is 12.1 Å². The number of hydrogen-bond acceptors (Lipinski definition) is 2. The lowest BCUT2D eigenvalue weighted by atomic mass is 10.0. The fourth-order valence-corrected chi connectivity index (χ4v) is 3.42. The van der Waals surface area contributed by atoms with Crippen molar-refractivity contribution < 1.29 is 9.53 Å². The maximum absolute atomic E-state index is 12.2. The molecule has 0 saturated heterocycles. The monoisotopic (exact) mass is 374 g/mol. The topological polar surface area (TPSA) is 26.3 Å². The van der Waals surface area contributed by atoms with Crippen LogP contribution in [0.3, 0.4) is 0 Å². The van der Waals surface area contributed by atoms with Gasteiger partial charge in [-0.2, -0.15) is 0 Å². The van der Waals surface area contributed by atoms with E-state index in [1.165, 1.54) is 76.2 Å². The molecule has 1 rings (SSSR count). The molecule has 27 heavy (non-hydrogen) atoms. The van der Waals surface area contributed by atoms with Crippen LogP contribution in [0.15, 0.2) is 24.3 Å². The van der Waals surface area contributed by atoms with Crippen LogP contribution in [0.1, 0.15) is 120 Å². The molecule has 0 bridgehead atoms. The lowest BCUT2D eigenvalue weighted by Crippen LogP contribution is -2.15. The zero-order chi connectivity index (χ0) is 19.7. The number of ether oxygens (including phenoxy) is 1. The van der Waals surface area contributed by atoms with Crippen molar-refractivity contribution in [3.05, 3.63) is 35.4 Å². The summed E-state index contributed by atoms with van der Waals surface area (Å²) in [7, 11) is 0. The smallest absolute Gasteiger partial charge is 0.338 e. The maximum Gasteiger partial charge on any atom is 0.338 e. The van der Waals surface area contributed by atoms with Crippen molar-refractivity contribution in [2.75, 3.05) is 0 Å². The van der Waals surface area contributed by atoms with E-state index in [9.17, 15) is 4.79 Å². The first-order valence-corrected chi connectivity index (χ1v) is 11.5. The molecule has 0 radical (unpaired) electrons. The third-order valence-corrected chi connectivity index (χ3v) is 5.28. The SMILES string of the molecule is CCCCCCCCCCCCC(C)OC(=O)c1ccc(CCCC)cc1. The molecule has 0 spiro atoms. The summed E-state index contributed by atoms with van der Waals surface area (Å²) < 4.78 is 5.60. The van der Waals surface area contributed by atoms with Crippen LogP contribution in [0.2, 0.25) is 0 Å². The Balaban J connectivity index is 2.08. The third kappa shape index (κ3) is 11.9. The number of unbranched alkanes of at least 4 members (excludes halogenated alkanes) is 10. The molecule has 2 heteroatoms. The quantitative estimate of drug-likeness (QED) is 0.217. The first-order valence-electron chi connectivity index (χ1n) is 11.5. The molecule has 0 fully saturated rings. The van der Waals surface area contributed by atoms with Gasteiger partial charge in [0.1, 0.15) is 0 Å². The molecule has 0 amide bonds. The Morgan fingerprint density at radius 1 is 0.778 bits per heavy atom. The molecule has 0 aliphatic heterocycles. The standard InChI is InChI=1S/C25H42O2/c1-4-6-8-9-10-11-12-13-14-15-16-22(3)27-25(26)24-20-18-23(19-21-24)17-7-5-2/h18-22H,4-17H2,1-3H3. The Morgan fingerprint density at radius 3 is 1.85 bits per heavy atom. The van der Waals surface area contributed by atoms with Crippen LogP contribution in [0, 0.1) is 0 Å². The first-order chi connectivity index (χ1) is 13.2. The minimum absolute atomic E-state index is 0.00584. The van der Waals surface area contributed by atoms with E-state index in [2.05, 4.69) is 26.0 Å². The summed E-state index contributed by atoms with van der Waals surface area (Å²) in [5, 5.41) is 0. The summed E-state index contributed by atoms with van der Waals surface area (Å²) in [5.41, 5.74) is 1.97. The summed E-state index contributed by atoms with van der Waals surface area (Å²) in [6.07, 6.45) is 17.8. The maximum atomic E-state index is 12.2. The largest absolute Gasteiger partial charge is 0.459 e. The summed E-state index contributed by atoms with van der Waals surface area (Å²) in [4.78, 5) is 12.2. The second-order valence-electron chi connectivity index (χ2n) is 7.99. The predicted octanol–water partition coefficient (Wildman–Crippen LogP) is 7.89. The normalized spacial score (nSPS) is 12.1. The molecular formula is C25H42O2. The highest BCUT2D eigenvalue weighted by molar-refractivity contribution is 5.89. The van der Waals surface area contributed by atoms with Gasteiger partial charge in [0, 0.05) is 0 Å². The molecule has 154 valence electrons. The van der Waals surface area contributed by atoms with Gasteiger partial charge in [0.05, 0.1) is 11.7 Å². The van der Waals surface area contributed by atoms with Crippen molar-refractivity contribution in [3.8, 4) is 0 Å². The number of aryl methyl sites for hydroxylation is 1. The molecule has 1 aromatic carbocycles. The lowest BCUT2D eigenvalue weighted by Gasteiger charge is -2.13. The van der Waals surface area contributed by atoms with Crippen LogP contribution in [-0.4, -0.2) is 12.1 Å². The van der Waals surface area contributed by atoms with Gasteiger partial charge in [-0.15, -0.1) is 0 Å². The molecule has 1 atom stereocenters. The average Bonchev–Trinajstić information content (AvgIpc) is 2.68. The van der Waals surface area contributed by atoms with Crippen molar-refractivity contribution in [2.45, 2.75) is 117 Å². The van der Waals surface area contributed by atoms with Crippen LogP contribution in [-0.2, 0) is 11.2 Å². The van der Waals surface area contributed by atoms with E-state index in [4.69, 9.17) is 4.74 Å². The van der Waals surface area contributed by atoms with Crippen molar-refractivity contribution in [1.82, 2.24) is 0 Å². The van der Waals surface area contributed by atoms with Gasteiger partial charge in [0.25, 0.3) is 0 Å². The summed E-state index contributed by atoms with van der Waals surface area (Å²) in [6.45, 7) is 6.48. The number of esters is 1. The Kier molecular flexibility index (Phi) is 13.8. The number of benzene rings is 1. The first kappa shape index (κ1) is 23.7. The van der Waals surface area contributed by atoms with Gasteiger partial charge in [-0.3, -0.25) is 0 Å². The lowest BCUT2D eigenvalue weighted by molar-refractivity contribution is 0.0319. The van der Waals surface area contributed by atoms with E-state index in [1.54, 1.807) is 0 Å². The van der Waals surface area contributed by atoms with E-state index < -0.39 is 0 Å². The summed E-state index contributed by atoms with van der Waals surface area (Å²) in [5.74, 6) is -0.184. The highest BCUT2D eigenvalue weighted by Crippen LogP contribution is 2.14.